The Labute approximate surface area is 144 Å². The number of hydrogen-bond acceptors (Lipinski definition) is 5. The molecule has 0 spiro atoms. The summed E-state index contributed by atoms with van der Waals surface area (Å²) >= 11 is 0. The molecule has 6 heteroatoms. The molecule has 1 amide bonds. The van der Waals surface area contributed by atoms with Crippen LogP contribution in [0.5, 0.6) is 23.0 Å². The summed E-state index contributed by atoms with van der Waals surface area (Å²) in [6.45, 7) is 2.25. The summed E-state index contributed by atoms with van der Waals surface area (Å²) in [6.07, 6.45) is 1.52. The van der Waals surface area contributed by atoms with Crippen LogP contribution in [0, 0.1) is 0 Å². The Kier molecular flexibility index (Phi) is 3.23. The molecule has 0 saturated heterocycles. The Balaban J connectivity index is 1.49. The number of carbonyl (C=O) groups excluding carboxylic acids is 1. The van der Waals surface area contributed by atoms with Gasteiger partial charge in [0.05, 0.1) is 18.8 Å². The van der Waals surface area contributed by atoms with E-state index >= 15 is 0 Å². The number of fused-ring (bicyclic) bond motifs is 3. The summed E-state index contributed by atoms with van der Waals surface area (Å²) in [5.74, 6) is 2.66. The van der Waals surface area contributed by atoms with Crippen LogP contribution in [-0.2, 0) is 12.8 Å². The third kappa shape index (κ3) is 2.36. The predicted molar refractivity (Wildman–Crippen MR) is 90.2 cm³/mol. The van der Waals surface area contributed by atoms with Gasteiger partial charge in [0.15, 0.2) is 11.5 Å². The third-order valence-electron chi connectivity index (χ3n) is 4.68. The molecule has 0 aliphatic carbocycles. The van der Waals surface area contributed by atoms with Gasteiger partial charge in [0.2, 0.25) is 0 Å². The van der Waals surface area contributed by atoms with Gasteiger partial charge in [-0.15, -0.1) is 0 Å². The molecule has 6 nitrogen and oxygen atoms in total. The van der Waals surface area contributed by atoms with E-state index in [-0.39, 0.29) is 5.91 Å². The zero-order valence-electron chi connectivity index (χ0n) is 13.6. The maximum Gasteiger partial charge on any atom is 0.259 e. The van der Waals surface area contributed by atoms with Crippen LogP contribution in [-0.4, -0.2) is 32.3 Å². The highest BCUT2D eigenvalue weighted by molar-refractivity contribution is 6.08. The summed E-state index contributed by atoms with van der Waals surface area (Å²) < 4.78 is 22.5. The molecule has 25 heavy (non-hydrogen) atoms. The first-order valence-corrected chi connectivity index (χ1v) is 8.45. The number of anilines is 1. The molecule has 2 aromatic rings. The molecule has 0 bridgehead atoms. The fourth-order valence-electron chi connectivity index (χ4n) is 3.54. The molecular weight excluding hydrogens is 322 g/mol. The number of amides is 1. The van der Waals surface area contributed by atoms with E-state index in [0.717, 1.165) is 29.7 Å². The zero-order chi connectivity index (χ0) is 16.8. The number of nitrogens with one attached hydrogen (secondary N) is 1. The zero-order valence-corrected chi connectivity index (χ0v) is 13.6. The van der Waals surface area contributed by atoms with Gasteiger partial charge >= 0.3 is 0 Å². The molecule has 0 atom stereocenters. The number of hydrogen-bond donors (Lipinski definition) is 1. The van der Waals surface area contributed by atoms with Gasteiger partial charge in [-0.1, -0.05) is 0 Å². The standard InChI is InChI=1S/C19H17NO5/c21-19(20-12-1-2-14-16(10-12)24-8-7-23-14)17-13-4-6-22-15(13)9-11-3-5-25-18(11)17/h1-2,9-10H,3-8H2,(H,20,21). The van der Waals surface area contributed by atoms with E-state index in [1.54, 1.807) is 6.07 Å². The van der Waals surface area contributed by atoms with Crippen molar-refractivity contribution in [3.63, 3.8) is 0 Å². The number of rotatable bonds is 2. The van der Waals surface area contributed by atoms with Crippen molar-refractivity contribution in [1.82, 2.24) is 0 Å². The first-order valence-electron chi connectivity index (χ1n) is 8.45. The average Bonchev–Trinajstić information content (AvgIpc) is 3.28. The molecule has 3 heterocycles. The quantitative estimate of drug-likeness (QED) is 0.911. The minimum Gasteiger partial charge on any atom is -0.493 e. The second-order valence-electron chi connectivity index (χ2n) is 6.23. The predicted octanol–water partition coefficient (Wildman–Crippen LogP) is 2.58. The molecule has 1 N–H and O–H groups in total. The number of benzene rings is 2. The van der Waals surface area contributed by atoms with Crippen molar-refractivity contribution in [3.8, 4) is 23.0 Å². The van der Waals surface area contributed by atoms with Crippen LogP contribution in [0.1, 0.15) is 21.5 Å². The second-order valence-corrected chi connectivity index (χ2v) is 6.23. The summed E-state index contributed by atoms with van der Waals surface area (Å²) in [5.41, 5.74) is 3.22. The Bertz CT molecular complexity index is 844. The summed E-state index contributed by atoms with van der Waals surface area (Å²) in [4.78, 5) is 13.0. The van der Waals surface area contributed by atoms with Crippen LogP contribution in [0.4, 0.5) is 5.69 Å². The van der Waals surface area contributed by atoms with E-state index in [2.05, 4.69) is 5.32 Å². The summed E-state index contributed by atoms with van der Waals surface area (Å²) in [7, 11) is 0. The lowest BCUT2D eigenvalue weighted by atomic mass is 9.99. The van der Waals surface area contributed by atoms with Gasteiger partial charge in [0.25, 0.3) is 5.91 Å². The van der Waals surface area contributed by atoms with Gasteiger partial charge < -0.3 is 24.3 Å². The fourth-order valence-corrected chi connectivity index (χ4v) is 3.54. The lowest BCUT2D eigenvalue weighted by Crippen LogP contribution is -2.17. The van der Waals surface area contributed by atoms with Crippen molar-refractivity contribution in [3.05, 3.63) is 41.0 Å². The molecule has 0 unspecified atom stereocenters. The van der Waals surface area contributed by atoms with Crippen molar-refractivity contribution < 1.29 is 23.7 Å². The maximum absolute atomic E-state index is 13.0. The van der Waals surface area contributed by atoms with Crippen LogP contribution >= 0.6 is 0 Å². The number of ether oxygens (including phenoxy) is 4. The Morgan fingerprint density at radius 1 is 0.840 bits per heavy atom. The van der Waals surface area contributed by atoms with Crippen molar-refractivity contribution in [1.29, 1.82) is 0 Å². The Morgan fingerprint density at radius 2 is 1.64 bits per heavy atom. The van der Waals surface area contributed by atoms with E-state index < -0.39 is 0 Å². The van der Waals surface area contributed by atoms with Crippen molar-refractivity contribution in [2.24, 2.45) is 0 Å². The van der Waals surface area contributed by atoms with Gasteiger partial charge in [-0.2, -0.15) is 0 Å². The van der Waals surface area contributed by atoms with Gasteiger partial charge in [-0.25, -0.2) is 0 Å². The van der Waals surface area contributed by atoms with Crippen LogP contribution in [0.15, 0.2) is 24.3 Å². The summed E-state index contributed by atoms with van der Waals surface area (Å²) in [5, 5.41) is 2.96. The molecular formula is C19H17NO5. The van der Waals surface area contributed by atoms with Gasteiger partial charge in [0.1, 0.15) is 24.7 Å². The van der Waals surface area contributed by atoms with E-state index in [9.17, 15) is 4.79 Å². The first-order chi connectivity index (χ1) is 12.3. The molecule has 2 aromatic carbocycles. The average molecular weight is 339 g/mol. The third-order valence-corrected chi connectivity index (χ3v) is 4.68. The highest BCUT2D eigenvalue weighted by Gasteiger charge is 2.30. The molecule has 0 aromatic heterocycles. The summed E-state index contributed by atoms with van der Waals surface area (Å²) in [6, 6.07) is 7.41. The minimum atomic E-state index is -0.183. The van der Waals surface area contributed by atoms with E-state index in [4.69, 9.17) is 18.9 Å². The largest absolute Gasteiger partial charge is 0.493 e. The van der Waals surface area contributed by atoms with Crippen molar-refractivity contribution in [2.75, 3.05) is 31.7 Å². The fraction of sp³-hybridized carbons (Fsp3) is 0.316. The van der Waals surface area contributed by atoms with Gasteiger partial charge in [-0.05, 0) is 18.2 Å². The molecule has 0 fully saturated rings. The van der Waals surface area contributed by atoms with Crippen LogP contribution in [0.2, 0.25) is 0 Å². The Hall–Kier alpha value is -2.89. The maximum atomic E-state index is 13.0. The molecule has 3 aliphatic heterocycles. The van der Waals surface area contributed by atoms with Crippen LogP contribution < -0.4 is 24.3 Å². The Morgan fingerprint density at radius 3 is 2.56 bits per heavy atom. The normalized spacial score (nSPS) is 16.5. The number of carbonyl (C=O) groups is 1. The lowest BCUT2D eigenvalue weighted by Gasteiger charge is -2.19. The molecule has 0 radical (unpaired) electrons. The van der Waals surface area contributed by atoms with Crippen LogP contribution in [0.3, 0.4) is 0 Å². The van der Waals surface area contributed by atoms with Crippen molar-refractivity contribution in [2.45, 2.75) is 12.8 Å². The monoisotopic (exact) mass is 339 g/mol. The molecule has 128 valence electrons. The topological polar surface area (TPSA) is 66.0 Å². The molecule has 3 aliphatic rings. The lowest BCUT2D eigenvalue weighted by molar-refractivity contribution is 0.102. The van der Waals surface area contributed by atoms with E-state index in [1.807, 2.05) is 18.2 Å². The minimum absolute atomic E-state index is 0.183. The van der Waals surface area contributed by atoms with Gasteiger partial charge in [0, 0.05) is 35.7 Å². The highest BCUT2D eigenvalue weighted by atomic mass is 16.6. The smallest absolute Gasteiger partial charge is 0.259 e. The second kappa shape index (κ2) is 5.58. The first kappa shape index (κ1) is 14.5. The van der Waals surface area contributed by atoms with E-state index in [0.29, 0.717) is 54.9 Å². The molecule has 5 rings (SSSR count). The van der Waals surface area contributed by atoms with Gasteiger partial charge in [-0.3, -0.25) is 4.79 Å². The molecule has 0 saturated carbocycles. The van der Waals surface area contributed by atoms with E-state index in [1.165, 1.54) is 0 Å². The van der Waals surface area contributed by atoms with Crippen LogP contribution in [0.25, 0.3) is 0 Å². The SMILES string of the molecule is O=C(Nc1ccc2c(c1)OCCO2)c1c2c(cc3c1OCC3)OCC2. The van der Waals surface area contributed by atoms with Crippen molar-refractivity contribution >= 4 is 11.6 Å². The highest BCUT2D eigenvalue weighted by Crippen LogP contribution is 2.41.